The quantitative estimate of drug-likeness (QED) is 0.521. The molecular formula is C25H25ClN2O3S. The zero-order valence-corrected chi connectivity index (χ0v) is 19.8. The predicted octanol–water partition coefficient (Wildman–Crippen LogP) is 5.13. The lowest BCUT2D eigenvalue weighted by Crippen LogP contribution is -2.45. The van der Waals surface area contributed by atoms with E-state index in [9.17, 15) is 13.2 Å². The van der Waals surface area contributed by atoms with Crippen molar-refractivity contribution in [2.75, 3.05) is 15.7 Å². The van der Waals surface area contributed by atoms with E-state index >= 15 is 0 Å². The number of nitrogens with zero attached hydrogens (tertiary/aromatic N) is 2. The molecule has 3 aromatic rings. The Kier molecular flexibility index (Phi) is 6.01. The van der Waals surface area contributed by atoms with Crippen LogP contribution in [-0.2, 0) is 21.2 Å². The van der Waals surface area contributed by atoms with Gasteiger partial charge in [0, 0.05) is 16.8 Å². The summed E-state index contributed by atoms with van der Waals surface area (Å²) in [6, 6.07) is 19.3. The molecule has 3 aromatic carbocycles. The highest BCUT2D eigenvalue weighted by atomic mass is 35.5. The summed E-state index contributed by atoms with van der Waals surface area (Å²) in [7, 11) is -3.99. The van der Waals surface area contributed by atoms with Crippen LogP contribution in [0.15, 0.2) is 71.6 Å². The molecule has 0 unspecified atom stereocenters. The van der Waals surface area contributed by atoms with Crippen molar-refractivity contribution in [1.82, 2.24) is 0 Å². The van der Waals surface area contributed by atoms with Crippen LogP contribution in [0.3, 0.4) is 0 Å². The van der Waals surface area contributed by atoms with E-state index in [0.717, 1.165) is 33.1 Å². The fourth-order valence-corrected chi connectivity index (χ4v) is 5.61. The van der Waals surface area contributed by atoms with Crippen LogP contribution in [0, 0.1) is 13.8 Å². The van der Waals surface area contributed by atoms with Crippen LogP contribution in [0.4, 0.5) is 11.4 Å². The molecule has 0 spiro atoms. The highest BCUT2D eigenvalue weighted by Crippen LogP contribution is 2.33. The van der Waals surface area contributed by atoms with Crippen molar-refractivity contribution in [3.8, 4) is 0 Å². The normalized spacial score (nSPS) is 15.5. The Hall–Kier alpha value is -2.83. The third-order valence-corrected chi connectivity index (χ3v) is 8.00. The van der Waals surface area contributed by atoms with E-state index in [2.05, 4.69) is 0 Å². The van der Waals surface area contributed by atoms with Crippen molar-refractivity contribution < 1.29 is 13.2 Å². The number of para-hydroxylation sites is 1. The summed E-state index contributed by atoms with van der Waals surface area (Å²) in [6.07, 6.45) is 0.739. The Morgan fingerprint density at radius 3 is 2.44 bits per heavy atom. The highest BCUT2D eigenvalue weighted by molar-refractivity contribution is 7.92. The summed E-state index contributed by atoms with van der Waals surface area (Å²) < 4.78 is 28.4. The van der Waals surface area contributed by atoms with Gasteiger partial charge in [-0.15, -0.1) is 0 Å². The van der Waals surface area contributed by atoms with Crippen molar-refractivity contribution in [1.29, 1.82) is 0 Å². The number of aryl methyl sites for hydroxylation is 2. The third kappa shape index (κ3) is 4.12. The highest BCUT2D eigenvalue weighted by Gasteiger charge is 2.34. The molecule has 1 aliphatic rings. The molecule has 1 atom stereocenters. The van der Waals surface area contributed by atoms with E-state index < -0.39 is 10.0 Å². The Morgan fingerprint density at radius 2 is 1.75 bits per heavy atom. The Bertz CT molecular complexity index is 1270. The maximum atomic E-state index is 13.6. The molecule has 1 amide bonds. The second-order valence-electron chi connectivity index (χ2n) is 8.20. The first-order valence-corrected chi connectivity index (χ1v) is 12.3. The lowest BCUT2D eigenvalue weighted by Gasteiger charge is -2.29. The van der Waals surface area contributed by atoms with Gasteiger partial charge in [-0.05, 0) is 68.7 Å². The van der Waals surface area contributed by atoms with Gasteiger partial charge >= 0.3 is 0 Å². The second-order valence-corrected chi connectivity index (χ2v) is 10.5. The second kappa shape index (κ2) is 8.60. The molecule has 0 saturated carbocycles. The number of fused-ring (bicyclic) bond motifs is 1. The number of anilines is 2. The van der Waals surface area contributed by atoms with Gasteiger partial charge < -0.3 is 4.90 Å². The van der Waals surface area contributed by atoms with Crippen molar-refractivity contribution >= 4 is 38.9 Å². The summed E-state index contributed by atoms with van der Waals surface area (Å²) in [5.74, 6) is -0.283. The zero-order chi connectivity index (χ0) is 23.0. The van der Waals surface area contributed by atoms with Crippen LogP contribution in [0.5, 0.6) is 0 Å². The first-order chi connectivity index (χ1) is 15.2. The van der Waals surface area contributed by atoms with E-state index in [0.29, 0.717) is 10.7 Å². The molecule has 0 saturated heterocycles. The van der Waals surface area contributed by atoms with Crippen molar-refractivity contribution in [3.63, 3.8) is 0 Å². The van der Waals surface area contributed by atoms with Gasteiger partial charge in [0.05, 0.1) is 10.6 Å². The van der Waals surface area contributed by atoms with E-state index in [1.807, 2.05) is 45.0 Å². The lowest BCUT2D eigenvalue weighted by molar-refractivity contribution is -0.117. The van der Waals surface area contributed by atoms with Crippen LogP contribution in [0.25, 0.3) is 0 Å². The minimum atomic E-state index is -3.99. The van der Waals surface area contributed by atoms with Gasteiger partial charge in [-0.1, -0.05) is 53.6 Å². The molecule has 32 heavy (non-hydrogen) atoms. The fraction of sp³-hybridized carbons (Fsp3) is 0.240. The monoisotopic (exact) mass is 468 g/mol. The molecule has 166 valence electrons. The fourth-order valence-electron chi connectivity index (χ4n) is 4.03. The Labute approximate surface area is 194 Å². The number of halogens is 1. The van der Waals surface area contributed by atoms with Gasteiger partial charge in [0.15, 0.2) is 0 Å². The molecule has 7 heteroatoms. The van der Waals surface area contributed by atoms with Gasteiger partial charge in [0.25, 0.3) is 10.0 Å². The van der Waals surface area contributed by atoms with Gasteiger partial charge in [-0.2, -0.15) is 0 Å². The smallest absolute Gasteiger partial charge is 0.264 e. The SMILES string of the molecule is Cc1ccc(S(=O)(=O)N(CC(=O)N2c3ccccc3C[C@H]2C)c2ccc(C)c(Cl)c2)cc1. The molecule has 5 nitrogen and oxygen atoms in total. The van der Waals surface area contributed by atoms with Crippen LogP contribution >= 0.6 is 11.6 Å². The van der Waals surface area contributed by atoms with Crippen molar-refractivity contribution in [3.05, 3.63) is 88.4 Å². The first-order valence-electron chi connectivity index (χ1n) is 10.4. The average molecular weight is 469 g/mol. The van der Waals surface area contributed by atoms with Crippen LogP contribution in [0.1, 0.15) is 23.6 Å². The van der Waals surface area contributed by atoms with Crippen LogP contribution in [-0.4, -0.2) is 26.9 Å². The summed E-state index contributed by atoms with van der Waals surface area (Å²) in [5.41, 5.74) is 4.05. The van der Waals surface area contributed by atoms with Crippen molar-refractivity contribution in [2.45, 2.75) is 38.1 Å². The summed E-state index contributed by atoms with van der Waals surface area (Å²) in [5, 5.41) is 0.443. The van der Waals surface area contributed by atoms with Gasteiger partial charge in [-0.25, -0.2) is 8.42 Å². The molecule has 0 bridgehead atoms. The van der Waals surface area contributed by atoms with Gasteiger partial charge in [0.1, 0.15) is 6.54 Å². The summed E-state index contributed by atoms with van der Waals surface area (Å²) in [6.45, 7) is 5.39. The third-order valence-electron chi connectivity index (χ3n) is 5.81. The number of amides is 1. The summed E-state index contributed by atoms with van der Waals surface area (Å²) >= 11 is 6.31. The van der Waals surface area contributed by atoms with Gasteiger partial charge in [-0.3, -0.25) is 9.10 Å². The van der Waals surface area contributed by atoms with E-state index in [1.54, 1.807) is 47.4 Å². The predicted molar refractivity (Wildman–Crippen MR) is 129 cm³/mol. The van der Waals surface area contributed by atoms with Crippen molar-refractivity contribution in [2.24, 2.45) is 0 Å². The largest absolute Gasteiger partial charge is 0.307 e. The Morgan fingerprint density at radius 1 is 1.06 bits per heavy atom. The standard InChI is InChI=1S/C25H25ClN2O3S/c1-17-8-12-22(13-9-17)32(30,31)27(21-11-10-18(2)23(26)15-21)16-25(29)28-19(3)14-20-6-4-5-7-24(20)28/h4-13,15,19H,14,16H2,1-3H3/t19-/m1/s1. The van der Waals surface area contributed by atoms with E-state index in [1.165, 1.54) is 0 Å². The Balaban J connectivity index is 1.75. The molecule has 0 radical (unpaired) electrons. The molecule has 1 aliphatic heterocycles. The number of sulfonamides is 1. The molecule has 4 rings (SSSR count). The molecule has 0 N–H and O–H groups in total. The number of benzene rings is 3. The van der Waals surface area contributed by atoms with Gasteiger partial charge in [0.2, 0.25) is 5.91 Å². The lowest BCUT2D eigenvalue weighted by atomic mass is 10.1. The topological polar surface area (TPSA) is 57.7 Å². The number of carbonyl (C=O) groups is 1. The maximum Gasteiger partial charge on any atom is 0.264 e. The minimum absolute atomic E-state index is 0.0505. The number of hydrogen-bond acceptors (Lipinski definition) is 3. The number of hydrogen-bond donors (Lipinski definition) is 0. The molecule has 0 aliphatic carbocycles. The van der Waals surface area contributed by atoms with Crippen LogP contribution in [0.2, 0.25) is 5.02 Å². The molecule has 0 aromatic heterocycles. The van der Waals surface area contributed by atoms with Crippen LogP contribution < -0.4 is 9.21 Å². The first kappa shape index (κ1) is 22.4. The summed E-state index contributed by atoms with van der Waals surface area (Å²) in [4.78, 5) is 15.3. The minimum Gasteiger partial charge on any atom is -0.307 e. The molecule has 0 fully saturated rings. The van der Waals surface area contributed by atoms with E-state index in [-0.39, 0.29) is 23.4 Å². The number of rotatable bonds is 5. The molecule has 1 heterocycles. The number of carbonyl (C=O) groups excluding carboxylic acids is 1. The maximum absolute atomic E-state index is 13.6. The zero-order valence-electron chi connectivity index (χ0n) is 18.2. The van der Waals surface area contributed by atoms with E-state index in [4.69, 9.17) is 11.6 Å². The average Bonchev–Trinajstić information content (AvgIpc) is 3.10. The molecular weight excluding hydrogens is 444 g/mol.